The fourth-order valence-electron chi connectivity index (χ4n) is 1.93. The van der Waals surface area contributed by atoms with E-state index in [4.69, 9.17) is 4.74 Å². The molecule has 0 aliphatic rings. The lowest BCUT2D eigenvalue weighted by Gasteiger charge is -2.27. The fourth-order valence-corrected chi connectivity index (χ4v) is 3.10. The van der Waals surface area contributed by atoms with Gasteiger partial charge in [0.15, 0.2) is 5.16 Å². The van der Waals surface area contributed by atoms with Crippen LogP contribution in [-0.4, -0.2) is 45.7 Å². The number of H-pyrrole nitrogens is 1. The van der Waals surface area contributed by atoms with Crippen molar-refractivity contribution in [2.24, 2.45) is 0 Å². The molecule has 1 aromatic rings. The summed E-state index contributed by atoms with van der Waals surface area (Å²) in [6.45, 7) is 7.09. The molecule has 0 radical (unpaired) electrons. The van der Waals surface area contributed by atoms with Crippen LogP contribution in [0.1, 0.15) is 33.6 Å². The van der Waals surface area contributed by atoms with E-state index < -0.39 is 5.54 Å². The van der Waals surface area contributed by atoms with Gasteiger partial charge in [0.2, 0.25) is 0 Å². The fraction of sp³-hybridized carbons (Fsp3) is 0.769. The summed E-state index contributed by atoms with van der Waals surface area (Å²) in [6, 6.07) is 0. The van der Waals surface area contributed by atoms with Crippen LogP contribution in [0.5, 0.6) is 0 Å². The van der Waals surface area contributed by atoms with Crippen LogP contribution in [-0.2, 0) is 16.1 Å². The smallest absolute Gasteiger partial charge is 0.343 e. The molecule has 7 nitrogen and oxygen atoms in total. The molecule has 0 aliphatic carbocycles. The molecule has 0 fully saturated rings. The molecule has 1 heterocycles. The number of aromatic amines is 1. The molecule has 0 aliphatic heterocycles. The molecule has 8 heteroatoms. The maximum atomic E-state index is 11.9. The molecule has 1 aromatic heterocycles. The summed E-state index contributed by atoms with van der Waals surface area (Å²) in [4.78, 5) is 23.4. The van der Waals surface area contributed by atoms with Crippen molar-refractivity contribution in [3.8, 4) is 0 Å². The summed E-state index contributed by atoms with van der Waals surface area (Å²) in [5.41, 5.74) is -0.925. The van der Waals surface area contributed by atoms with Crippen LogP contribution in [0.25, 0.3) is 0 Å². The van der Waals surface area contributed by atoms with Crippen molar-refractivity contribution in [2.45, 2.75) is 50.9 Å². The first kappa shape index (κ1) is 17.8. The Morgan fingerprint density at radius 1 is 1.52 bits per heavy atom. The summed E-state index contributed by atoms with van der Waals surface area (Å²) < 4.78 is 6.45. The second kappa shape index (κ2) is 8.23. The van der Waals surface area contributed by atoms with E-state index in [-0.39, 0.29) is 11.7 Å². The van der Waals surface area contributed by atoms with Crippen molar-refractivity contribution in [1.29, 1.82) is 0 Å². The molecule has 0 bridgehead atoms. The first-order valence-electron chi connectivity index (χ1n) is 7.10. The lowest BCUT2D eigenvalue weighted by Crippen LogP contribution is -2.50. The second-order valence-corrected chi connectivity index (χ2v) is 5.97. The number of carbonyl (C=O) groups excluding carboxylic acids is 1. The summed E-state index contributed by atoms with van der Waals surface area (Å²) in [5, 5.41) is 10.3. The number of hydrogen-bond donors (Lipinski definition) is 2. The molecule has 2 N–H and O–H groups in total. The Labute approximate surface area is 128 Å². The summed E-state index contributed by atoms with van der Waals surface area (Å²) in [6.07, 6.45) is 1.53. The lowest BCUT2D eigenvalue weighted by molar-refractivity contribution is -0.148. The minimum atomic E-state index is -0.717. The number of ether oxygens (including phenoxy) is 1. The Hall–Kier alpha value is -1.28. The Kier molecular flexibility index (Phi) is 6.97. The molecule has 1 rings (SSSR count). The molecular weight excluding hydrogens is 292 g/mol. The molecule has 0 spiro atoms. The van der Waals surface area contributed by atoms with Crippen LogP contribution >= 0.6 is 11.8 Å². The van der Waals surface area contributed by atoms with Crippen molar-refractivity contribution >= 4 is 17.7 Å². The van der Waals surface area contributed by atoms with Crippen LogP contribution < -0.4 is 11.0 Å². The zero-order valence-electron chi connectivity index (χ0n) is 13.1. The van der Waals surface area contributed by atoms with Gasteiger partial charge in [-0.2, -0.15) is 0 Å². The third kappa shape index (κ3) is 4.60. The maximum absolute atomic E-state index is 11.9. The van der Waals surface area contributed by atoms with Gasteiger partial charge in [0.25, 0.3) is 0 Å². The summed E-state index contributed by atoms with van der Waals surface area (Å²) >= 11 is 1.45. The molecule has 0 saturated carbocycles. The predicted molar refractivity (Wildman–Crippen MR) is 82.6 cm³/mol. The van der Waals surface area contributed by atoms with Gasteiger partial charge in [-0.05, 0) is 33.2 Å². The number of esters is 1. The first-order valence-corrected chi connectivity index (χ1v) is 8.08. The highest BCUT2D eigenvalue weighted by molar-refractivity contribution is 7.99. The van der Waals surface area contributed by atoms with Gasteiger partial charge in [-0.25, -0.2) is 9.89 Å². The van der Waals surface area contributed by atoms with Crippen molar-refractivity contribution in [2.75, 3.05) is 19.4 Å². The van der Waals surface area contributed by atoms with E-state index in [2.05, 4.69) is 15.5 Å². The predicted octanol–water partition coefficient (Wildman–Crippen LogP) is 1.00. The standard InChI is InChI=1S/C13H24N4O3S/c1-5-8-14-13(3,10(18)20-4)7-9-21-12-16-15-11(19)17(12)6-2/h14H,5-9H2,1-4H3,(H,15,19). The van der Waals surface area contributed by atoms with Gasteiger partial charge in [0.05, 0.1) is 7.11 Å². The van der Waals surface area contributed by atoms with Crippen molar-refractivity contribution in [3.63, 3.8) is 0 Å². The minimum absolute atomic E-state index is 0.208. The SMILES string of the molecule is CCCNC(C)(CCSc1n[nH]c(=O)n1CC)C(=O)OC. The zero-order chi connectivity index (χ0) is 15.9. The van der Waals surface area contributed by atoms with Gasteiger partial charge < -0.3 is 10.1 Å². The number of methoxy groups -OCH3 is 1. The van der Waals surface area contributed by atoms with E-state index in [0.717, 1.165) is 13.0 Å². The van der Waals surface area contributed by atoms with Gasteiger partial charge in [0.1, 0.15) is 5.54 Å². The number of carbonyl (C=O) groups is 1. The molecular formula is C13H24N4O3S. The van der Waals surface area contributed by atoms with Crippen molar-refractivity contribution < 1.29 is 9.53 Å². The molecule has 120 valence electrons. The Balaban J connectivity index is 2.65. The third-order valence-electron chi connectivity index (χ3n) is 3.27. The van der Waals surface area contributed by atoms with E-state index in [1.807, 2.05) is 20.8 Å². The van der Waals surface area contributed by atoms with E-state index >= 15 is 0 Å². The van der Waals surface area contributed by atoms with Gasteiger partial charge in [-0.15, -0.1) is 5.10 Å². The normalized spacial score (nSPS) is 13.9. The Bertz CT molecular complexity index is 514. The maximum Gasteiger partial charge on any atom is 0.343 e. The van der Waals surface area contributed by atoms with Gasteiger partial charge >= 0.3 is 11.7 Å². The van der Waals surface area contributed by atoms with E-state index in [9.17, 15) is 9.59 Å². The van der Waals surface area contributed by atoms with E-state index in [0.29, 0.717) is 23.9 Å². The average molecular weight is 316 g/mol. The van der Waals surface area contributed by atoms with Crippen molar-refractivity contribution in [3.05, 3.63) is 10.5 Å². The van der Waals surface area contributed by atoms with E-state index in [1.54, 1.807) is 4.57 Å². The third-order valence-corrected chi connectivity index (χ3v) is 4.25. The first-order chi connectivity index (χ1) is 9.98. The molecule has 1 unspecified atom stereocenters. The quantitative estimate of drug-likeness (QED) is 0.522. The molecule has 0 amide bonds. The van der Waals surface area contributed by atoms with Gasteiger partial charge in [0, 0.05) is 12.3 Å². The highest BCUT2D eigenvalue weighted by atomic mass is 32.2. The Morgan fingerprint density at radius 2 is 2.24 bits per heavy atom. The topological polar surface area (TPSA) is 89.0 Å². The molecule has 21 heavy (non-hydrogen) atoms. The van der Waals surface area contributed by atoms with Gasteiger partial charge in [-0.3, -0.25) is 9.36 Å². The highest BCUT2D eigenvalue weighted by Gasteiger charge is 2.33. The number of thioether (sulfide) groups is 1. The van der Waals surface area contributed by atoms with Crippen LogP contribution in [0, 0.1) is 0 Å². The number of nitrogens with one attached hydrogen (secondary N) is 2. The monoisotopic (exact) mass is 316 g/mol. The zero-order valence-corrected chi connectivity index (χ0v) is 13.9. The number of nitrogens with zero attached hydrogens (tertiary/aromatic N) is 2. The molecule has 1 atom stereocenters. The van der Waals surface area contributed by atoms with E-state index in [1.165, 1.54) is 18.9 Å². The number of hydrogen-bond acceptors (Lipinski definition) is 6. The average Bonchev–Trinajstić information content (AvgIpc) is 2.84. The summed E-state index contributed by atoms with van der Waals surface area (Å²) in [5.74, 6) is 0.388. The van der Waals surface area contributed by atoms with Crippen LogP contribution in [0.4, 0.5) is 0 Å². The molecule has 0 saturated heterocycles. The van der Waals surface area contributed by atoms with Crippen LogP contribution in [0.2, 0.25) is 0 Å². The van der Waals surface area contributed by atoms with Crippen molar-refractivity contribution in [1.82, 2.24) is 20.1 Å². The van der Waals surface area contributed by atoms with Crippen LogP contribution in [0.3, 0.4) is 0 Å². The largest absolute Gasteiger partial charge is 0.468 e. The Morgan fingerprint density at radius 3 is 2.81 bits per heavy atom. The van der Waals surface area contributed by atoms with Gasteiger partial charge in [-0.1, -0.05) is 18.7 Å². The highest BCUT2D eigenvalue weighted by Crippen LogP contribution is 2.20. The number of aromatic nitrogens is 3. The van der Waals surface area contributed by atoms with Crippen LogP contribution in [0.15, 0.2) is 9.95 Å². The number of rotatable bonds is 9. The summed E-state index contributed by atoms with van der Waals surface area (Å²) in [7, 11) is 1.39. The minimum Gasteiger partial charge on any atom is -0.468 e. The lowest BCUT2D eigenvalue weighted by atomic mass is 9.99. The molecule has 0 aromatic carbocycles. The second-order valence-electron chi connectivity index (χ2n) is 4.90.